The van der Waals surface area contributed by atoms with E-state index in [2.05, 4.69) is 57.0 Å². The Morgan fingerprint density at radius 2 is 2.00 bits per heavy atom. The van der Waals surface area contributed by atoms with Gasteiger partial charge in [0.25, 0.3) is 0 Å². The number of nitrogens with zero attached hydrogens (tertiary/aromatic N) is 1. The monoisotopic (exact) mass is 238 g/mol. The molecular formula is C15H30N2. The van der Waals surface area contributed by atoms with Gasteiger partial charge < -0.3 is 5.32 Å². The van der Waals surface area contributed by atoms with Crippen molar-refractivity contribution in [3.63, 3.8) is 0 Å². The molecule has 1 rings (SSSR count). The van der Waals surface area contributed by atoms with Gasteiger partial charge in [-0.2, -0.15) is 0 Å². The van der Waals surface area contributed by atoms with E-state index in [4.69, 9.17) is 0 Å². The molecular weight excluding hydrogens is 208 g/mol. The van der Waals surface area contributed by atoms with E-state index in [0.717, 1.165) is 24.9 Å². The Bertz CT molecular complexity index is 233. The molecule has 0 aromatic heterocycles. The van der Waals surface area contributed by atoms with Crippen LogP contribution in [0.4, 0.5) is 0 Å². The van der Waals surface area contributed by atoms with Gasteiger partial charge in [0.2, 0.25) is 0 Å². The van der Waals surface area contributed by atoms with Gasteiger partial charge in [-0.25, -0.2) is 0 Å². The van der Waals surface area contributed by atoms with Crippen LogP contribution in [0.5, 0.6) is 0 Å². The molecule has 0 amide bonds. The van der Waals surface area contributed by atoms with E-state index >= 15 is 0 Å². The second kappa shape index (κ2) is 7.17. The van der Waals surface area contributed by atoms with Crippen LogP contribution in [0.3, 0.4) is 0 Å². The fraction of sp³-hybridized carbons (Fsp3) is 0.867. The Balaban J connectivity index is 2.58. The van der Waals surface area contributed by atoms with E-state index in [9.17, 15) is 0 Å². The lowest BCUT2D eigenvalue weighted by Gasteiger charge is -2.42. The van der Waals surface area contributed by atoms with Crippen molar-refractivity contribution < 1.29 is 0 Å². The molecule has 1 aliphatic rings. The highest BCUT2D eigenvalue weighted by Gasteiger charge is 2.28. The second-order valence-corrected chi connectivity index (χ2v) is 6.07. The van der Waals surface area contributed by atoms with Gasteiger partial charge in [-0.05, 0) is 25.2 Å². The smallest absolute Gasteiger partial charge is 0.0227 e. The van der Waals surface area contributed by atoms with Crippen molar-refractivity contribution in [3.05, 3.63) is 12.2 Å². The Hall–Kier alpha value is -0.340. The van der Waals surface area contributed by atoms with Crippen LogP contribution in [0.2, 0.25) is 0 Å². The maximum Gasteiger partial charge on any atom is 0.0227 e. The molecule has 1 saturated heterocycles. The molecule has 1 aliphatic heterocycles. The van der Waals surface area contributed by atoms with E-state index in [0.29, 0.717) is 12.1 Å². The third kappa shape index (κ3) is 4.81. The van der Waals surface area contributed by atoms with Crippen LogP contribution in [0, 0.1) is 11.8 Å². The van der Waals surface area contributed by atoms with Gasteiger partial charge in [0.1, 0.15) is 0 Å². The molecule has 2 heteroatoms. The first-order valence-corrected chi connectivity index (χ1v) is 7.13. The van der Waals surface area contributed by atoms with Crippen LogP contribution in [0.15, 0.2) is 12.2 Å². The summed E-state index contributed by atoms with van der Waals surface area (Å²) in [4.78, 5) is 2.65. The average molecular weight is 238 g/mol. The predicted octanol–water partition coefficient (Wildman–Crippen LogP) is 2.91. The lowest BCUT2D eigenvalue weighted by atomic mass is 9.95. The maximum atomic E-state index is 3.71. The van der Waals surface area contributed by atoms with E-state index in [1.165, 1.54) is 13.0 Å². The summed E-state index contributed by atoms with van der Waals surface area (Å²) in [5.41, 5.74) is 0. The first kappa shape index (κ1) is 14.7. The molecule has 0 aromatic rings. The number of nitrogens with one attached hydrogen (secondary N) is 1. The van der Waals surface area contributed by atoms with Gasteiger partial charge in [-0.15, -0.1) is 0 Å². The fourth-order valence-electron chi connectivity index (χ4n) is 2.57. The van der Waals surface area contributed by atoms with Crippen molar-refractivity contribution in [2.45, 2.75) is 53.1 Å². The maximum absolute atomic E-state index is 3.71. The molecule has 2 atom stereocenters. The molecule has 0 radical (unpaired) electrons. The highest BCUT2D eigenvalue weighted by Crippen LogP contribution is 2.18. The molecule has 2 unspecified atom stereocenters. The third-order valence-corrected chi connectivity index (χ3v) is 3.69. The largest absolute Gasteiger partial charge is 0.311 e. The first-order chi connectivity index (χ1) is 8.04. The van der Waals surface area contributed by atoms with Crippen molar-refractivity contribution in [1.29, 1.82) is 0 Å². The molecule has 0 aliphatic carbocycles. The zero-order valence-electron chi connectivity index (χ0n) is 12.2. The molecule has 1 fully saturated rings. The van der Waals surface area contributed by atoms with Crippen LogP contribution >= 0.6 is 0 Å². The Labute approximate surface area is 107 Å². The number of hydrogen-bond acceptors (Lipinski definition) is 2. The molecule has 0 saturated carbocycles. The van der Waals surface area contributed by atoms with E-state index in [1.54, 1.807) is 0 Å². The topological polar surface area (TPSA) is 15.3 Å². The molecule has 2 nitrogen and oxygen atoms in total. The quantitative estimate of drug-likeness (QED) is 0.741. The SMILES string of the molecule is C/C=C/CN1CC(C(C)C)NCC1CC(C)C. The minimum absolute atomic E-state index is 0.656. The van der Waals surface area contributed by atoms with Crippen molar-refractivity contribution in [2.24, 2.45) is 11.8 Å². The zero-order valence-corrected chi connectivity index (χ0v) is 12.2. The molecule has 100 valence electrons. The Kier molecular flexibility index (Phi) is 6.21. The van der Waals surface area contributed by atoms with Gasteiger partial charge in [-0.1, -0.05) is 39.8 Å². The Morgan fingerprint density at radius 1 is 1.29 bits per heavy atom. The number of hydrogen-bond donors (Lipinski definition) is 1. The summed E-state index contributed by atoms with van der Waals surface area (Å²) < 4.78 is 0. The zero-order chi connectivity index (χ0) is 12.8. The summed E-state index contributed by atoms with van der Waals surface area (Å²) in [7, 11) is 0. The van der Waals surface area contributed by atoms with E-state index in [1.807, 2.05) is 0 Å². The van der Waals surface area contributed by atoms with Crippen molar-refractivity contribution in [3.8, 4) is 0 Å². The summed E-state index contributed by atoms with van der Waals surface area (Å²) in [5.74, 6) is 1.51. The Morgan fingerprint density at radius 3 is 2.53 bits per heavy atom. The van der Waals surface area contributed by atoms with Crippen LogP contribution in [-0.2, 0) is 0 Å². The van der Waals surface area contributed by atoms with Gasteiger partial charge >= 0.3 is 0 Å². The number of piperazine rings is 1. The molecule has 0 aromatic carbocycles. The lowest BCUT2D eigenvalue weighted by molar-refractivity contribution is 0.112. The van der Waals surface area contributed by atoms with Gasteiger partial charge in [-0.3, -0.25) is 4.90 Å². The molecule has 17 heavy (non-hydrogen) atoms. The lowest BCUT2D eigenvalue weighted by Crippen LogP contribution is -2.58. The second-order valence-electron chi connectivity index (χ2n) is 6.07. The van der Waals surface area contributed by atoms with Crippen LogP contribution in [-0.4, -0.2) is 36.6 Å². The molecule has 0 bridgehead atoms. The summed E-state index contributed by atoms with van der Waals surface area (Å²) in [5, 5.41) is 3.71. The summed E-state index contributed by atoms with van der Waals surface area (Å²) in [6.07, 6.45) is 5.75. The fourth-order valence-corrected chi connectivity index (χ4v) is 2.57. The van der Waals surface area contributed by atoms with Crippen LogP contribution in [0.1, 0.15) is 41.0 Å². The highest BCUT2D eigenvalue weighted by molar-refractivity contribution is 4.92. The minimum Gasteiger partial charge on any atom is -0.311 e. The van der Waals surface area contributed by atoms with Crippen LogP contribution < -0.4 is 5.32 Å². The predicted molar refractivity (Wildman–Crippen MR) is 76.3 cm³/mol. The third-order valence-electron chi connectivity index (χ3n) is 3.69. The molecule has 0 spiro atoms. The number of rotatable bonds is 5. The standard InChI is InChI=1S/C15H30N2/c1-6-7-8-17-11-15(13(4)5)16-10-14(17)9-12(2)3/h6-7,12-16H,8-11H2,1-5H3/b7-6+. The van der Waals surface area contributed by atoms with E-state index < -0.39 is 0 Å². The van der Waals surface area contributed by atoms with Crippen molar-refractivity contribution in [1.82, 2.24) is 10.2 Å². The molecule has 1 heterocycles. The van der Waals surface area contributed by atoms with Gasteiger partial charge in [0.05, 0.1) is 0 Å². The van der Waals surface area contributed by atoms with Crippen molar-refractivity contribution in [2.75, 3.05) is 19.6 Å². The average Bonchev–Trinajstić information content (AvgIpc) is 2.26. The summed E-state index contributed by atoms with van der Waals surface area (Å²) >= 11 is 0. The van der Waals surface area contributed by atoms with Crippen LogP contribution in [0.25, 0.3) is 0 Å². The van der Waals surface area contributed by atoms with E-state index in [-0.39, 0.29) is 0 Å². The summed E-state index contributed by atoms with van der Waals surface area (Å²) in [6, 6.07) is 1.37. The first-order valence-electron chi connectivity index (χ1n) is 7.13. The van der Waals surface area contributed by atoms with Crippen molar-refractivity contribution >= 4 is 0 Å². The van der Waals surface area contributed by atoms with Gasteiger partial charge in [0, 0.05) is 31.7 Å². The highest BCUT2D eigenvalue weighted by atomic mass is 15.2. The van der Waals surface area contributed by atoms with Gasteiger partial charge in [0.15, 0.2) is 0 Å². The summed E-state index contributed by atoms with van der Waals surface area (Å²) in [6.45, 7) is 14.8. The number of allylic oxidation sites excluding steroid dienone is 1. The normalized spacial score (nSPS) is 27.5. The minimum atomic E-state index is 0.656. The molecule has 1 N–H and O–H groups in total.